The number of para-hydroxylation sites is 1. The van der Waals surface area contributed by atoms with Gasteiger partial charge >= 0.3 is 0 Å². The molecule has 1 unspecified atom stereocenters. The number of aliphatic hydroxyl groups is 1. The lowest BCUT2D eigenvalue weighted by atomic mass is 9.74. The second-order valence-corrected chi connectivity index (χ2v) is 12.5. The van der Waals surface area contributed by atoms with Crippen LogP contribution in [0.5, 0.6) is 0 Å². The van der Waals surface area contributed by atoms with Gasteiger partial charge in [-0.3, -0.25) is 14.4 Å². The molecule has 0 bridgehead atoms. The molecule has 7 nitrogen and oxygen atoms in total. The van der Waals surface area contributed by atoms with Crippen molar-refractivity contribution < 1.29 is 19.5 Å². The van der Waals surface area contributed by atoms with Gasteiger partial charge in [-0.05, 0) is 31.9 Å². The SMILES string of the molecule is CCCCCN1CC=C[C@]23S[C@]4(C)C=CCN(c5ccccc5)C(=O)[C@@H]4[C@H]2C(=O)N(CCCO)C3C1=O. The normalized spacial score (nSPS) is 32.9. The average Bonchev–Trinajstić information content (AvgIpc) is 3.16. The Morgan fingerprint density at radius 2 is 1.68 bits per heavy atom. The first-order valence-electron chi connectivity index (χ1n) is 13.5. The zero-order chi connectivity index (χ0) is 26.2. The molecule has 4 heterocycles. The number of anilines is 1. The first-order valence-corrected chi connectivity index (χ1v) is 14.3. The predicted octanol–water partition coefficient (Wildman–Crippen LogP) is 3.25. The molecule has 198 valence electrons. The van der Waals surface area contributed by atoms with Crippen LogP contribution in [0, 0.1) is 11.8 Å². The smallest absolute Gasteiger partial charge is 0.247 e. The Morgan fingerprint density at radius 3 is 2.41 bits per heavy atom. The highest BCUT2D eigenvalue weighted by Gasteiger charge is 2.73. The number of aliphatic hydroxyl groups excluding tert-OH is 1. The summed E-state index contributed by atoms with van der Waals surface area (Å²) in [5.74, 6) is -1.52. The van der Waals surface area contributed by atoms with E-state index in [1.807, 2.05) is 54.3 Å². The number of carbonyl (C=O) groups excluding carboxylic acids is 3. The quantitative estimate of drug-likeness (QED) is 0.418. The number of nitrogens with zero attached hydrogens (tertiary/aromatic N) is 3. The number of hydrogen-bond acceptors (Lipinski definition) is 5. The van der Waals surface area contributed by atoms with E-state index in [0.29, 0.717) is 32.6 Å². The fourth-order valence-electron chi connectivity index (χ4n) is 6.64. The van der Waals surface area contributed by atoms with Gasteiger partial charge in [-0.1, -0.05) is 62.3 Å². The van der Waals surface area contributed by atoms with Crippen molar-refractivity contribution in [2.75, 3.05) is 37.7 Å². The lowest BCUT2D eigenvalue weighted by Crippen LogP contribution is -2.53. The Morgan fingerprint density at radius 1 is 0.919 bits per heavy atom. The van der Waals surface area contributed by atoms with Crippen LogP contribution in [0.4, 0.5) is 5.69 Å². The van der Waals surface area contributed by atoms with Crippen molar-refractivity contribution in [2.24, 2.45) is 11.8 Å². The number of carbonyl (C=O) groups is 3. The molecule has 3 amide bonds. The molecule has 4 aliphatic rings. The number of benzene rings is 1. The first-order chi connectivity index (χ1) is 17.9. The van der Waals surface area contributed by atoms with Gasteiger partial charge in [0.05, 0.1) is 16.6 Å². The summed E-state index contributed by atoms with van der Waals surface area (Å²) < 4.78 is -1.45. The molecule has 1 aromatic rings. The molecule has 1 spiro atoms. The number of likely N-dealkylation sites (tertiary alicyclic amines) is 1. The van der Waals surface area contributed by atoms with E-state index in [9.17, 15) is 19.5 Å². The van der Waals surface area contributed by atoms with Crippen LogP contribution in [0.3, 0.4) is 0 Å². The number of unbranched alkanes of at least 4 members (excludes halogenated alkanes) is 2. The molecule has 0 saturated carbocycles. The van der Waals surface area contributed by atoms with E-state index in [0.717, 1.165) is 24.9 Å². The summed E-state index contributed by atoms with van der Waals surface area (Å²) >= 11 is 1.61. The van der Waals surface area contributed by atoms with Gasteiger partial charge in [-0.2, -0.15) is 0 Å². The van der Waals surface area contributed by atoms with Crippen LogP contribution in [0.1, 0.15) is 39.5 Å². The second-order valence-electron chi connectivity index (χ2n) is 10.7. The van der Waals surface area contributed by atoms with Crippen LogP contribution >= 0.6 is 11.8 Å². The molecule has 1 aromatic carbocycles. The molecule has 0 aromatic heterocycles. The fourth-order valence-corrected chi connectivity index (χ4v) is 8.80. The van der Waals surface area contributed by atoms with Crippen molar-refractivity contribution in [1.29, 1.82) is 0 Å². The number of amides is 3. The molecule has 2 fully saturated rings. The second kappa shape index (κ2) is 10.3. The summed E-state index contributed by atoms with van der Waals surface area (Å²) in [5, 5.41) is 9.57. The predicted molar refractivity (Wildman–Crippen MR) is 146 cm³/mol. The van der Waals surface area contributed by atoms with Crippen LogP contribution in [0.2, 0.25) is 0 Å². The summed E-state index contributed by atoms with van der Waals surface area (Å²) in [6.45, 7) is 6.04. The van der Waals surface area contributed by atoms with E-state index >= 15 is 0 Å². The summed E-state index contributed by atoms with van der Waals surface area (Å²) in [7, 11) is 0. The first kappa shape index (κ1) is 26.0. The Hall–Kier alpha value is -2.58. The Labute approximate surface area is 223 Å². The van der Waals surface area contributed by atoms with Crippen molar-refractivity contribution >= 4 is 35.2 Å². The van der Waals surface area contributed by atoms with Crippen LogP contribution < -0.4 is 4.90 Å². The zero-order valence-corrected chi connectivity index (χ0v) is 22.5. The van der Waals surface area contributed by atoms with Crippen LogP contribution in [0.15, 0.2) is 54.6 Å². The molecule has 8 heteroatoms. The third-order valence-electron chi connectivity index (χ3n) is 8.30. The van der Waals surface area contributed by atoms with Gasteiger partial charge in [0, 0.05) is 43.2 Å². The molecule has 37 heavy (non-hydrogen) atoms. The third kappa shape index (κ3) is 4.22. The molecule has 0 radical (unpaired) electrons. The number of hydrogen-bond donors (Lipinski definition) is 1. The molecule has 0 aliphatic carbocycles. The number of rotatable bonds is 8. The summed E-state index contributed by atoms with van der Waals surface area (Å²) in [4.78, 5) is 47.9. The molecule has 4 aliphatic heterocycles. The summed E-state index contributed by atoms with van der Waals surface area (Å²) in [6.07, 6.45) is 11.6. The molecular formula is C29H37N3O4S. The van der Waals surface area contributed by atoms with E-state index in [1.165, 1.54) is 0 Å². The van der Waals surface area contributed by atoms with Crippen molar-refractivity contribution in [3.8, 4) is 0 Å². The Balaban J connectivity index is 1.57. The zero-order valence-electron chi connectivity index (χ0n) is 21.7. The minimum atomic E-state index is -0.831. The van der Waals surface area contributed by atoms with Gasteiger partial charge < -0.3 is 19.8 Å². The lowest BCUT2D eigenvalue weighted by Gasteiger charge is -2.36. The van der Waals surface area contributed by atoms with E-state index in [1.54, 1.807) is 21.6 Å². The summed E-state index contributed by atoms with van der Waals surface area (Å²) in [5.41, 5.74) is 0.807. The largest absolute Gasteiger partial charge is 0.396 e. The van der Waals surface area contributed by atoms with E-state index in [-0.39, 0.29) is 24.3 Å². The van der Waals surface area contributed by atoms with E-state index in [4.69, 9.17) is 0 Å². The van der Waals surface area contributed by atoms with Gasteiger partial charge in [0.15, 0.2) is 0 Å². The Kier molecular flexibility index (Phi) is 7.24. The topological polar surface area (TPSA) is 81.2 Å². The maximum atomic E-state index is 14.3. The molecule has 2 saturated heterocycles. The van der Waals surface area contributed by atoms with Crippen molar-refractivity contribution in [3.05, 3.63) is 54.6 Å². The van der Waals surface area contributed by atoms with E-state index < -0.39 is 27.4 Å². The highest BCUT2D eigenvalue weighted by molar-refractivity contribution is 8.02. The van der Waals surface area contributed by atoms with Crippen LogP contribution in [-0.4, -0.2) is 80.9 Å². The van der Waals surface area contributed by atoms with Gasteiger partial charge in [0.25, 0.3) is 0 Å². The van der Waals surface area contributed by atoms with Gasteiger partial charge in [-0.25, -0.2) is 0 Å². The summed E-state index contributed by atoms with van der Waals surface area (Å²) in [6, 6.07) is 8.90. The fraction of sp³-hybridized carbons (Fsp3) is 0.552. The number of thioether (sulfide) groups is 1. The minimum Gasteiger partial charge on any atom is -0.396 e. The Bertz CT molecular complexity index is 1110. The van der Waals surface area contributed by atoms with Gasteiger partial charge in [0.1, 0.15) is 6.04 Å². The third-order valence-corrected chi connectivity index (χ3v) is 10.1. The average molecular weight is 524 g/mol. The minimum absolute atomic E-state index is 0.0428. The highest BCUT2D eigenvalue weighted by Crippen LogP contribution is 2.65. The maximum absolute atomic E-state index is 14.3. The highest BCUT2D eigenvalue weighted by atomic mass is 32.2. The number of fused-ring (bicyclic) bond motifs is 2. The van der Waals surface area contributed by atoms with Crippen molar-refractivity contribution in [3.63, 3.8) is 0 Å². The van der Waals surface area contributed by atoms with Crippen LogP contribution in [-0.2, 0) is 14.4 Å². The van der Waals surface area contributed by atoms with Crippen LogP contribution in [0.25, 0.3) is 0 Å². The van der Waals surface area contributed by atoms with Crippen molar-refractivity contribution in [2.45, 2.75) is 55.1 Å². The standard InChI is InChI=1S/C29H37N3O4S/c1-3-4-8-16-30-17-10-15-29-23(26(35)32(19-11-20-33)24(29)27(30)36)22-25(34)31(21-12-6-5-7-13-21)18-9-14-28(22,2)37-29/h5-7,9-10,12-15,22-24,33H,3-4,8,11,16-20H2,1-2H3/t22-,23-,24?,28+,29-/m0/s1. The van der Waals surface area contributed by atoms with Gasteiger partial charge in [0.2, 0.25) is 17.7 Å². The maximum Gasteiger partial charge on any atom is 0.247 e. The molecule has 1 N–H and O–H groups in total. The van der Waals surface area contributed by atoms with Gasteiger partial charge in [-0.15, -0.1) is 11.8 Å². The molecular weight excluding hydrogens is 486 g/mol. The van der Waals surface area contributed by atoms with Crippen molar-refractivity contribution in [1.82, 2.24) is 9.80 Å². The molecule has 5 rings (SSSR count). The molecule has 5 atom stereocenters. The monoisotopic (exact) mass is 523 g/mol. The van der Waals surface area contributed by atoms with E-state index in [2.05, 4.69) is 19.1 Å². The lowest BCUT2D eigenvalue weighted by molar-refractivity contribution is -0.143.